The van der Waals surface area contributed by atoms with Crippen LogP contribution in [0.3, 0.4) is 0 Å². The molecule has 0 saturated carbocycles. The third-order valence-electron chi connectivity index (χ3n) is 3.28. The quantitative estimate of drug-likeness (QED) is 0.761. The van der Waals surface area contributed by atoms with Crippen LogP contribution in [-0.2, 0) is 17.8 Å². The highest BCUT2D eigenvalue weighted by Crippen LogP contribution is 2.14. The van der Waals surface area contributed by atoms with Crippen molar-refractivity contribution in [2.24, 2.45) is 0 Å². The lowest BCUT2D eigenvalue weighted by Crippen LogP contribution is -2.14. The number of ether oxygens (including phenoxy) is 2. The van der Waals surface area contributed by atoms with E-state index in [4.69, 9.17) is 14.7 Å². The highest BCUT2D eigenvalue weighted by molar-refractivity contribution is 5.33. The lowest BCUT2D eigenvalue weighted by atomic mass is 10.1. The summed E-state index contributed by atoms with van der Waals surface area (Å²) in [5, 5.41) is 11.9. The van der Waals surface area contributed by atoms with E-state index in [1.54, 1.807) is 19.2 Å². The number of nitriles is 1. The topological polar surface area (TPSA) is 54.3 Å². The zero-order chi connectivity index (χ0) is 16.5. The molecule has 0 aliphatic heterocycles. The van der Waals surface area contributed by atoms with E-state index in [1.807, 2.05) is 30.3 Å². The minimum Gasteiger partial charge on any atom is -0.491 e. The summed E-state index contributed by atoms with van der Waals surface area (Å²) in [4.78, 5) is 0. The number of hydrogen-bond acceptors (Lipinski definition) is 4. The Labute approximate surface area is 135 Å². The van der Waals surface area contributed by atoms with Gasteiger partial charge in [-0.2, -0.15) is 5.26 Å². The van der Waals surface area contributed by atoms with Crippen molar-refractivity contribution in [3.63, 3.8) is 0 Å². The molecule has 23 heavy (non-hydrogen) atoms. The van der Waals surface area contributed by atoms with Gasteiger partial charge in [0.2, 0.25) is 0 Å². The van der Waals surface area contributed by atoms with E-state index in [1.165, 1.54) is 6.07 Å². The molecule has 1 N–H and O–H groups in total. The van der Waals surface area contributed by atoms with E-state index in [9.17, 15) is 4.39 Å². The maximum atomic E-state index is 13.8. The minimum absolute atomic E-state index is 0.326. The van der Waals surface area contributed by atoms with Gasteiger partial charge in [0.25, 0.3) is 0 Å². The average molecular weight is 314 g/mol. The van der Waals surface area contributed by atoms with Crippen molar-refractivity contribution in [3.8, 4) is 11.8 Å². The summed E-state index contributed by atoms with van der Waals surface area (Å²) in [6, 6.07) is 14.1. The van der Waals surface area contributed by atoms with E-state index in [-0.39, 0.29) is 5.82 Å². The predicted molar refractivity (Wildman–Crippen MR) is 85.5 cm³/mol. The summed E-state index contributed by atoms with van der Waals surface area (Å²) in [5.74, 6) is 0.416. The second kappa shape index (κ2) is 8.89. The van der Waals surface area contributed by atoms with Crippen molar-refractivity contribution in [3.05, 3.63) is 65.0 Å². The van der Waals surface area contributed by atoms with Crippen LogP contribution in [0.25, 0.3) is 0 Å². The van der Waals surface area contributed by atoms with E-state index < -0.39 is 0 Å². The van der Waals surface area contributed by atoms with Crippen LogP contribution in [0.1, 0.15) is 16.7 Å². The summed E-state index contributed by atoms with van der Waals surface area (Å²) >= 11 is 0. The third kappa shape index (κ3) is 5.37. The Hall–Kier alpha value is -2.42. The molecule has 0 aliphatic rings. The maximum Gasteiger partial charge on any atom is 0.129 e. The molecule has 0 spiro atoms. The molecule has 0 atom stereocenters. The van der Waals surface area contributed by atoms with Crippen molar-refractivity contribution >= 4 is 0 Å². The van der Waals surface area contributed by atoms with Crippen molar-refractivity contribution < 1.29 is 13.9 Å². The van der Waals surface area contributed by atoms with Gasteiger partial charge in [-0.15, -0.1) is 0 Å². The first kappa shape index (κ1) is 16.9. The molecule has 4 nitrogen and oxygen atoms in total. The zero-order valence-electron chi connectivity index (χ0n) is 13.0. The first-order chi connectivity index (χ1) is 11.2. The normalized spacial score (nSPS) is 10.3. The monoisotopic (exact) mass is 314 g/mol. The highest BCUT2D eigenvalue weighted by atomic mass is 19.1. The molecular weight excluding hydrogens is 295 g/mol. The number of halogens is 1. The molecule has 0 amide bonds. The van der Waals surface area contributed by atoms with Crippen LogP contribution in [0.15, 0.2) is 42.5 Å². The van der Waals surface area contributed by atoms with Gasteiger partial charge in [0.05, 0.1) is 18.2 Å². The summed E-state index contributed by atoms with van der Waals surface area (Å²) in [6.45, 7) is 2.04. The number of benzene rings is 2. The molecule has 2 aromatic carbocycles. The number of hydrogen-bond donors (Lipinski definition) is 1. The van der Waals surface area contributed by atoms with Crippen LogP contribution in [0, 0.1) is 17.1 Å². The summed E-state index contributed by atoms with van der Waals surface area (Å²) in [7, 11) is 1.63. The van der Waals surface area contributed by atoms with Crippen LogP contribution in [0.2, 0.25) is 0 Å². The molecule has 0 aromatic heterocycles. The highest BCUT2D eigenvalue weighted by Gasteiger charge is 2.04. The average Bonchev–Trinajstić information content (AvgIpc) is 2.57. The largest absolute Gasteiger partial charge is 0.491 e. The smallest absolute Gasteiger partial charge is 0.129 e. The zero-order valence-corrected chi connectivity index (χ0v) is 13.0. The van der Waals surface area contributed by atoms with E-state index >= 15 is 0 Å². The lowest BCUT2D eigenvalue weighted by Gasteiger charge is -2.09. The molecule has 0 saturated heterocycles. The Balaban J connectivity index is 1.86. The molecule has 2 rings (SSSR count). The van der Waals surface area contributed by atoms with Gasteiger partial charge in [-0.25, -0.2) is 4.39 Å². The van der Waals surface area contributed by atoms with Crippen molar-refractivity contribution in [1.29, 1.82) is 5.26 Å². The third-order valence-corrected chi connectivity index (χ3v) is 3.28. The molecule has 0 bridgehead atoms. The van der Waals surface area contributed by atoms with Gasteiger partial charge in [0.1, 0.15) is 18.2 Å². The number of nitrogens with one attached hydrogen (secondary N) is 1. The van der Waals surface area contributed by atoms with Gasteiger partial charge in [0.15, 0.2) is 0 Å². The van der Waals surface area contributed by atoms with Crippen LogP contribution >= 0.6 is 0 Å². The Kier molecular flexibility index (Phi) is 6.55. The fourth-order valence-corrected chi connectivity index (χ4v) is 2.09. The molecule has 0 unspecified atom stereocenters. The summed E-state index contributed by atoms with van der Waals surface area (Å²) < 4.78 is 24.3. The van der Waals surface area contributed by atoms with E-state index in [0.717, 1.165) is 11.3 Å². The van der Waals surface area contributed by atoms with E-state index in [0.29, 0.717) is 37.4 Å². The van der Waals surface area contributed by atoms with Gasteiger partial charge in [0, 0.05) is 25.8 Å². The molecule has 5 heteroatoms. The predicted octanol–water partition coefficient (Wildman–Crippen LogP) is 3.01. The molecule has 0 fully saturated rings. The molecular formula is C18H19FN2O2. The lowest BCUT2D eigenvalue weighted by molar-refractivity contribution is 0.146. The molecule has 120 valence electrons. The Morgan fingerprint density at radius 2 is 2.00 bits per heavy atom. The van der Waals surface area contributed by atoms with Crippen LogP contribution in [0.5, 0.6) is 5.75 Å². The SMILES string of the molecule is COCCOc1cccc(CNCc2ccc(C#N)cc2F)c1. The van der Waals surface area contributed by atoms with Gasteiger partial charge in [-0.1, -0.05) is 18.2 Å². The fraction of sp³-hybridized carbons (Fsp3) is 0.278. The minimum atomic E-state index is -0.367. The first-order valence-corrected chi connectivity index (χ1v) is 7.33. The molecule has 0 heterocycles. The van der Waals surface area contributed by atoms with Gasteiger partial charge in [-0.05, 0) is 29.8 Å². The van der Waals surface area contributed by atoms with Crippen LogP contribution in [-0.4, -0.2) is 20.3 Å². The van der Waals surface area contributed by atoms with Gasteiger partial charge >= 0.3 is 0 Å². The summed E-state index contributed by atoms with van der Waals surface area (Å²) in [5.41, 5.74) is 1.91. The summed E-state index contributed by atoms with van der Waals surface area (Å²) in [6.07, 6.45) is 0. The maximum absolute atomic E-state index is 13.8. The Bertz CT molecular complexity index is 683. The molecule has 0 radical (unpaired) electrons. The van der Waals surface area contributed by atoms with Crippen molar-refractivity contribution in [2.75, 3.05) is 20.3 Å². The molecule has 2 aromatic rings. The number of methoxy groups -OCH3 is 1. The Morgan fingerprint density at radius 1 is 1.13 bits per heavy atom. The number of nitrogens with zero attached hydrogens (tertiary/aromatic N) is 1. The van der Waals surface area contributed by atoms with Crippen LogP contribution in [0.4, 0.5) is 4.39 Å². The van der Waals surface area contributed by atoms with Gasteiger partial charge in [-0.3, -0.25) is 0 Å². The van der Waals surface area contributed by atoms with Crippen molar-refractivity contribution in [2.45, 2.75) is 13.1 Å². The van der Waals surface area contributed by atoms with Gasteiger partial charge < -0.3 is 14.8 Å². The molecule has 0 aliphatic carbocycles. The Morgan fingerprint density at radius 3 is 2.74 bits per heavy atom. The standard InChI is InChI=1S/C18H19FN2O2/c1-22-7-8-23-17-4-2-3-15(9-17)12-21-13-16-6-5-14(11-20)10-18(16)19/h2-6,9-10,21H,7-8,12-13H2,1H3. The van der Waals surface area contributed by atoms with Crippen molar-refractivity contribution in [1.82, 2.24) is 5.32 Å². The second-order valence-electron chi connectivity index (χ2n) is 5.01. The fourth-order valence-electron chi connectivity index (χ4n) is 2.09. The number of rotatable bonds is 8. The van der Waals surface area contributed by atoms with E-state index in [2.05, 4.69) is 5.32 Å². The first-order valence-electron chi connectivity index (χ1n) is 7.33. The van der Waals surface area contributed by atoms with Crippen LogP contribution < -0.4 is 10.1 Å². The second-order valence-corrected chi connectivity index (χ2v) is 5.01.